The summed E-state index contributed by atoms with van der Waals surface area (Å²) >= 11 is 0. The molecule has 0 radical (unpaired) electrons. The smallest absolute Gasteiger partial charge is 0.0638 e. The molecule has 0 amide bonds. The monoisotopic (exact) mass is 164 g/mol. The summed E-state index contributed by atoms with van der Waals surface area (Å²) < 4.78 is 0. The molecule has 0 unspecified atom stereocenters. The first-order chi connectivity index (χ1) is 5.47. The van der Waals surface area contributed by atoms with E-state index in [0.717, 1.165) is 12.1 Å². The van der Waals surface area contributed by atoms with Crippen molar-refractivity contribution in [3.63, 3.8) is 0 Å². The van der Waals surface area contributed by atoms with Gasteiger partial charge in [0.1, 0.15) is 0 Å². The number of aromatic nitrogens is 2. The third-order valence-corrected chi connectivity index (χ3v) is 1.55. The minimum Gasteiger partial charge on any atom is -0.159 e. The Morgan fingerprint density at radius 2 is 2.00 bits per heavy atom. The van der Waals surface area contributed by atoms with E-state index < -0.39 is 0 Å². The van der Waals surface area contributed by atoms with E-state index in [1.54, 1.807) is 6.20 Å². The van der Waals surface area contributed by atoms with Gasteiger partial charge in [-0.15, -0.1) is 0 Å². The lowest BCUT2D eigenvalue weighted by atomic mass is 9.90. The maximum absolute atomic E-state index is 4.07. The third kappa shape index (κ3) is 2.99. The van der Waals surface area contributed by atoms with Crippen LogP contribution >= 0.6 is 0 Å². The number of hydrogen-bond acceptors (Lipinski definition) is 2. The van der Waals surface area contributed by atoms with Crippen molar-refractivity contribution in [3.05, 3.63) is 23.5 Å². The number of rotatable bonds is 1. The molecule has 0 atom stereocenters. The molecule has 0 bridgehead atoms. The Hall–Kier alpha value is -0.920. The molecule has 12 heavy (non-hydrogen) atoms. The lowest BCUT2D eigenvalue weighted by Crippen LogP contribution is -2.11. The predicted molar refractivity (Wildman–Crippen MR) is 49.9 cm³/mol. The molecule has 0 aromatic carbocycles. The topological polar surface area (TPSA) is 25.8 Å². The second kappa shape index (κ2) is 3.21. The molecule has 0 fully saturated rings. The van der Waals surface area contributed by atoms with Crippen molar-refractivity contribution in [3.8, 4) is 0 Å². The van der Waals surface area contributed by atoms with Gasteiger partial charge in [0, 0.05) is 0 Å². The van der Waals surface area contributed by atoms with Crippen molar-refractivity contribution in [1.82, 2.24) is 10.2 Å². The minimum atomic E-state index is 0.294. The van der Waals surface area contributed by atoms with Crippen molar-refractivity contribution in [2.45, 2.75) is 34.1 Å². The van der Waals surface area contributed by atoms with Gasteiger partial charge < -0.3 is 0 Å². The molecule has 1 aromatic heterocycles. The summed E-state index contributed by atoms with van der Waals surface area (Å²) in [5.41, 5.74) is 2.56. The zero-order chi connectivity index (χ0) is 9.19. The first-order valence-corrected chi connectivity index (χ1v) is 4.25. The number of nitrogens with zero attached hydrogens (tertiary/aromatic N) is 2. The molecule has 66 valence electrons. The summed E-state index contributed by atoms with van der Waals surface area (Å²) in [6, 6.07) is 2.10. The van der Waals surface area contributed by atoms with Gasteiger partial charge in [0.2, 0.25) is 0 Å². The van der Waals surface area contributed by atoms with Gasteiger partial charge in [-0.2, -0.15) is 10.2 Å². The lowest BCUT2D eigenvalue weighted by molar-refractivity contribution is 0.404. The van der Waals surface area contributed by atoms with E-state index in [2.05, 4.69) is 37.0 Å². The van der Waals surface area contributed by atoms with Gasteiger partial charge in [-0.3, -0.25) is 0 Å². The molecule has 2 heteroatoms. The van der Waals surface area contributed by atoms with Crippen LogP contribution in [0.3, 0.4) is 0 Å². The molecule has 0 aliphatic carbocycles. The first-order valence-electron chi connectivity index (χ1n) is 4.25. The molecular formula is C10H16N2. The van der Waals surface area contributed by atoms with Crippen LogP contribution in [-0.4, -0.2) is 10.2 Å². The summed E-state index contributed by atoms with van der Waals surface area (Å²) in [7, 11) is 0. The maximum Gasteiger partial charge on any atom is 0.0638 e. The SMILES string of the molecule is Cc1cnnc(CC(C)(C)C)c1. The minimum absolute atomic E-state index is 0.294. The average Bonchev–Trinajstić information content (AvgIpc) is 1.82. The molecule has 2 nitrogen and oxygen atoms in total. The van der Waals surface area contributed by atoms with Gasteiger partial charge in [-0.05, 0) is 30.4 Å². The fourth-order valence-electron chi connectivity index (χ4n) is 1.15. The highest BCUT2D eigenvalue weighted by Crippen LogP contribution is 2.18. The third-order valence-electron chi connectivity index (χ3n) is 1.55. The molecule has 1 aromatic rings. The van der Waals surface area contributed by atoms with Gasteiger partial charge in [0.05, 0.1) is 11.9 Å². The normalized spacial score (nSPS) is 11.7. The van der Waals surface area contributed by atoms with Crippen LogP contribution in [0.5, 0.6) is 0 Å². The van der Waals surface area contributed by atoms with Gasteiger partial charge in [-0.25, -0.2) is 0 Å². The van der Waals surface area contributed by atoms with Crippen molar-refractivity contribution >= 4 is 0 Å². The second-order valence-corrected chi connectivity index (χ2v) is 4.46. The van der Waals surface area contributed by atoms with Gasteiger partial charge in [0.15, 0.2) is 0 Å². The van der Waals surface area contributed by atoms with Gasteiger partial charge >= 0.3 is 0 Å². The summed E-state index contributed by atoms with van der Waals surface area (Å²) in [4.78, 5) is 0. The van der Waals surface area contributed by atoms with E-state index in [9.17, 15) is 0 Å². The zero-order valence-electron chi connectivity index (χ0n) is 8.26. The van der Waals surface area contributed by atoms with Crippen molar-refractivity contribution in [2.24, 2.45) is 5.41 Å². The Balaban J connectivity index is 2.77. The number of hydrogen-bond donors (Lipinski definition) is 0. The highest BCUT2D eigenvalue weighted by molar-refractivity contribution is 5.11. The highest BCUT2D eigenvalue weighted by Gasteiger charge is 2.12. The predicted octanol–water partition coefficient (Wildman–Crippen LogP) is 2.37. The summed E-state index contributed by atoms with van der Waals surface area (Å²) in [6.45, 7) is 8.66. The number of aryl methyl sites for hydroxylation is 1. The van der Waals surface area contributed by atoms with E-state index in [1.807, 2.05) is 6.92 Å². The molecule has 0 spiro atoms. The van der Waals surface area contributed by atoms with E-state index >= 15 is 0 Å². The molecule has 1 rings (SSSR count). The Labute approximate surface area is 74.0 Å². The zero-order valence-corrected chi connectivity index (χ0v) is 8.26. The van der Waals surface area contributed by atoms with E-state index in [1.165, 1.54) is 5.56 Å². The maximum atomic E-state index is 4.07. The highest BCUT2D eigenvalue weighted by atomic mass is 15.1. The lowest BCUT2D eigenvalue weighted by Gasteiger charge is -2.16. The molecule has 0 saturated heterocycles. The van der Waals surface area contributed by atoms with E-state index in [4.69, 9.17) is 0 Å². The quantitative estimate of drug-likeness (QED) is 0.637. The van der Waals surface area contributed by atoms with Crippen molar-refractivity contribution in [2.75, 3.05) is 0 Å². The molecule has 0 saturated carbocycles. The molecule has 1 heterocycles. The van der Waals surface area contributed by atoms with Gasteiger partial charge in [0.25, 0.3) is 0 Å². The Morgan fingerprint density at radius 1 is 1.33 bits per heavy atom. The van der Waals surface area contributed by atoms with Crippen LogP contribution in [0.1, 0.15) is 32.0 Å². The molecule has 0 N–H and O–H groups in total. The van der Waals surface area contributed by atoms with Crippen LogP contribution in [0.4, 0.5) is 0 Å². The van der Waals surface area contributed by atoms with Crippen molar-refractivity contribution in [1.29, 1.82) is 0 Å². The Kier molecular flexibility index (Phi) is 2.46. The van der Waals surface area contributed by atoms with Crippen LogP contribution in [0.25, 0.3) is 0 Å². The first kappa shape index (κ1) is 9.17. The van der Waals surface area contributed by atoms with Crippen LogP contribution in [-0.2, 0) is 6.42 Å². The summed E-state index contributed by atoms with van der Waals surface area (Å²) in [5.74, 6) is 0. The summed E-state index contributed by atoms with van der Waals surface area (Å²) in [5, 5.41) is 7.99. The van der Waals surface area contributed by atoms with Crippen LogP contribution in [0, 0.1) is 12.3 Å². The largest absolute Gasteiger partial charge is 0.159 e. The fraction of sp³-hybridized carbons (Fsp3) is 0.600. The van der Waals surface area contributed by atoms with Crippen molar-refractivity contribution < 1.29 is 0 Å². The average molecular weight is 164 g/mol. The molecule has 0 aliphatic heterocycles. The summed E-state index contributed by atoms with van der Waals surface area (Å²) in [6.07, 6.45) is 2.77. The van der Waals surface area contributed by atoms with Crippen LogP contribution in [0.2, 0.25) is 0 Å². The fourth-order valence-corrected chi connectivity index (χ4v) is 1.15. The molecular weight excluding hydrogens is 148 g/mol. The van der Waals surface area contributed by atoms with Gasteiger partial charge in [-0.1, -0.05) is 20.8 Å². The van der Waals surface area contributed by atoms with E-state index in [-0.39, 0.29) is 0 Å². The molecule has 0 aliphatic rings. The second-order valence-electron chi connectivity index (χ2n) is 4.46. The van der Waals surface area contributed by atoms with E-state index in [0.29, 0.717) is 5.41 Å². The van der Waals surface area contributed by atoms with Crippen LogP contribution in [0.15, 0.2) is 12.3 Å². The standard InChI is InChI=1S/C10H16N2/c1-8-5-9(12-11-7-8)6-10(2,3)4/h5,7H,6H2,1-4H3. The van der Waals surface area contributed by atoms with Crippen LogP contribution < -0.4 is 0 Å². The Bertz CT molecular complexity index is 261. The Morgan fingerprint density at radius 3 is 2.50 bits per heavy atom.